The number of pyridine rings is 1. The largest absolute Gasteiger partial charge is 0.477 e. The van der Waals surface area contributed by atoms with E-state index in [1.807, 2.05) is 6.92 Å². The average Bonchev–Trinajstić information content (AvgIpc) is 2.17. The van der Waals surface area contributed by atoms with Crippen molar-refractivity contribution in [2.45, 2.75) is 19.4 Å². The lowest BCUT2D eigenvalue weighted by atomic mass is 10.1. The number of nitrogens with two attached hydrogens (primary N) is 1. The highest BCUT2D eigenvalue weighted by Crippen LogP contribution is 2.13. The number of aromatic carboxylic acids is 1. The van der Waals surface area contributed by atoms with E-state index in [0.717, 1.165) is 12.0 Å². The Balaban J connectivity index is 2.98. The lowest BCUT2D eigenvalue weighted by Crippen LogP contribution is -2.10. The normalized spacial score (nSPS) is 12.5. The van der Waals surface area contributed by atoms with Crippen molar-refractivity contribution in [1.82, 2.24) is 4.98 Å². The zero-order valence-corrected chi connectivity index (χ0v) is 7.40. The molecular formula is C9H12N2O2. The number of carbonyl (C=O) groups is 1. The van der Waals surface area contributed by atoms with Gasteiger partial charge in [-0.25, -0.2) is 9.78 Å². The summed E-state index contributed by atoms with van der Waals surface area (Å²) in [6, 6.07) is 3.14. The van der Waals surface area contributed by atoms with Crippen LogP contribution in [0.3, 0.4) is 0 Å². The minimum atomic E-state index is -1.02. The first kappa shape index (κ1) is 9.67. The zero-order chi connectivity index (χ0) is 9.84. The summed E-state index contributed by atoms with van der Waals surface area (Å²) in [5, 5.41) is 8.66. The van der Waals surface area contributed by atoms with Crippen LogP contribution in [0.1, 0.15) is 35.4 Å². The van der Waals surface area contributed by atoms with Gasteiger partial charge in [0.05, 0.1) is 0 Å². The summed E-state index contributed by atoms with van der Waals surface area (Å²) in [6.07, 6.45) is 2.25. The van der Waals surface area contributed by atoms with E-state index in [4.69, 9.17) is 10.8 Å². The van der Waals surface area contributed by atoms with Crippen LogP contribution in [0.2, 0.25) is 0 Å². The monoisotopic (exact) mass is 180 g/mol. The first-order chi connectivity index (χ1) is 6.15. The summed E-state index contributed by atoms with van der Waals surface area (Å²) >= 11 is 0. The molecule has 4 heteroatoms. The molecule has 1 rings (SSSR count). The molecule has 13 heavy (non-hydrogen) atoms. The minimum Gasteiger partial charge on any atom is -0.477 e. The smallest absolute Gasteiger partial charge is 0.354 e. The Morgan fingerprint density at radius 2 is 2.46 bits per heavy atom. The highest BCUT2D eigenvalue weighted by molar-refractivity contribution is 5.85. The van der Waals surface area contributed by atoms with E-state index >= 15 is 0 Å². The number of hydrogen-bond donors (Lipinski definition) is 2. The molecule has 0 saturated carbocycles. The van der Waals surface area contributed by atoms with Crippen LogP contribution in [0.5, 0.6) is 0 Å². The number of carboxylic acids is 1. The van der Waals surface area contributed by atoms with Crippen molar-refractivity contribution in [3.63, 3.8) is 0 Å². The van der Waals surface area contributed by atoms with Crippen LogP contribution in [-0.4, -0.2) is 16.1 Å². The maximum Gasteiger partial charge on any atom is 0.354 e. The van der Waals surface area contributed by atoms with Crippen LogP contribution in [0.25, 0.3) is 0 Å². The predicted octanol–water partition coefficient (Wildman–Crippen LogP) is 1.19. The fraction of sp³-hybridized carbons (Fsp3) is 0.333. The van der Waals surface area contributed by atoms with Gasteiger partial charge in [0.15, 0.2) is 0 Å². The maximum atomic E-state index is 10.6. The Kier molecular flexibility index (Phi) is 2.97. The van der Waals surface area contributed by atoms with Gasteiger partial charge in [-0.05, 0) is 24.1 Å². The van der Waals surface area contributed by atoms with Gasteiger partial charge in [-0.2, -0.15) is 0 Å². The molecule has 4 nitrogen and oxygen atoms in total. The van der Waals surface area contributed by atoms with Crippen molar-refractivity contribution < 1.29 is 9.90 Å². The van der Waals surface area contributed by atoms with E-state index in [9.17, 15) is 4.79 Å². The van der Waals surface area contributed by atoms with Gasteiger partial charge in [0.2, 0.25) is 0 Å². The van der Waals surface area contributed by atoms with E-state index in [1.165, 1.54) is 12.3 Å². The molecule has 3 N–H and O–H groups in total. The maximum absolute atomic E-state index is 10.6. The van der Waals surface area contributed by atoms with Gasteiger partial charge < -0.3 is 10.8 Å². The number of rotatable bonds is 3. The molecule has 0 saturated heterocycles. The lowest BCUT2D eigenvalue weighted by molar-refractivity contribution is 0.0690. The standard InChI is InChI=1S/C9H12N2O2/c1-2-7(10)6-3-4-11-8(5-6)9(12)13/h3-5,7H,2,10H2,1H3,(H,12,13)/t7-/m0/s1. The summed E-state index contributed by atoms with van der Waals surface area (Å²) in [4.78, 5) is 14.3. The zero-order valence-electron chi connectivity index (χ0n) is 7.40. The van der Waals surface area contributed by atoms with E-state index < -0.39 is 5.97 Å². The molecule has 1 atom stereocenters. The van der Waals surface area contributed by atoms with Crippen molar-refractivity contribution in [1.29, 1.82) is 0 Å². The second-order valence-electron chi connectivity index (χ2n) is 2.79. The van der Waals surface area contributed by atoms with Crippen molar-refractivity contribution in [3.05, 3.63) is 29.6 Å². The summed E-state index contributed by atoms with van der Waals surface area (Å²) in [7, 11) is 0. The van der Waals surface area contributed by atoms with E-state index in [1.54, 1.807) is 6.07 Å². The number of carboxylic acid groups (broad SMARTS) is 1. The van der Waals surface area contributed by atoms with E-state index in [0.29, 0.717) is 0 Å². The Morgan fingerprint density at radius 1 is 1.77 bits per heavy atom. The van der Waals surface area contributed by atoms with Gasteiger partial charge >= 0.3 is 5.97 Å². The highest BCUT2D eigenvalue weighted by atomic mass is 16.4. The first-order valence-corrected chi connectivity index (χ1v) is 4.10. The van der Waals surface area contributed by atoms with Gasteiger partial charge in [-0.15, -0.1) is 0 Å². The van der Waals surface area contributed by atoms with Gasteiger partial charge in [-0.1, -0.05) is 6.92 Å². The van der Waals surface area contributed by atoms with Crippen molar-refractivity contribution >= 4 is 5.97 Å². The summed E-state index contributed by atoms with van der Waals surface area (Å²) in [5.41, 5.74) is 6.60. The lowest BCUT2D eigenvalue weighted by Gasteiger charge is -2.08. The molecule has 0 unspecified atom stereocenters. The molecule has 1 aromatic rings. The Morgan fingerprint density at radius 3 is 3.00 bits per heavy atom. The average molecular weight is 180 g/mol. The molecule has 1 aromatic heterocycles. The molecule has 0 aliphatic rings. The fourth-order valence-corrected chi connectivity index (χ4v) is 1.03. The molecular weight excluding hydrogens is 168 g/mol. The quantitative estimate of drug-likeness (QED) is 0.732. The summed E-state index contributed by atoms with van der Waals surface area (Å²) in [5.74, 6) is -1.02. The van der Waals surface area contributed by atoms with Gasteiger partial charge in [-0.3, -0.25) is 0 Å². The van der Waals surface area contributed by atoms with Gasteiger partial charge in [0, 0.05) is 12.2 Å². The molecule has 0 amide bonds. The summed E-state index contributed by atoms with van der Waals surface area (Å²) < 4.78 is 0. The van der Waals surface area contributed by atoms with Crippen LogP contribution in [0.15, 0.2) is 18.3 Å². The number of nitrogens with zero attached hydrogens (tertiary/aromatic N) is 1. The Bertz CT molecular complexity index is 312. The minimum absolute atomic E-state index is 0.0430. The third-order valence-electron chi connectivity index (χ3n) is 1.87. The summed E-state index contributed by atoms with van der Waals surface area (Å²) in [6.45, 7) is 1.95. The Hall–Kier alpha value is -1.42. The highest BCUT2D eigenvalue weighted by Gasteiger charge is 2.08. The predicted molar refractivity (Wildman–Crippen MR) is 48.4 cm³/mol. The second kappa shape index (κ2) is 4.00. The van der Waals surface area contributed by atoms with Crippen LogP contribution in [-0.2, 0) is 0 Å². The second-order valence-corrected chi connectivity index (χ2v) is 2.79. The topological polar surface area (TPSA) is 76.2 Å². The molecule has 0 radical (unpaired) electrons. The van der Waals surface area contributed by atoms with Crippen molar-refractivity contribution in [2.75, 3.05) is 0 Å². The van der Waals surface area contributed by atoms with Crippen LogP contribution in [0.4, 0.5) is 0 Å². The van der Waals surface area contributed by atoms with Crippen LogP contribution < -0.4 is 5.73 Å². The van der Waals surface area contributed by atoms with Gasteiger partial charge in [0.25, 0.3) is 0 Å². The van der Waals surface area contributed by atoms with Crippen molar-refractivity contribution in [3.8, 4) is 0 Å². The molecule has 0 aliphatic carbocycles. The van der Waals surface area contributed by atoms with Gasteiger partial charge in [0.1, 0.15) is 5.69 Å². The SMILES string of the molecule is CC[C@H](N)c1ccnc(C(=O)O)c1. The van der Waals surface area contributed by atoms with E-state index in [2.05, 4.69) is 4.98 Å². The molecule has 0 aliphatic heterocycles. The third-order valence-corrected chi connectivity index (χ3v) is 1.87. The molecule has 1 heterocycles. The van der Waals surface area contributed by atoms with Crippen molar-refractivity contribution in [2.24, 2.45) is 5.73 Å². The third kappa shape index (κ3) is 2.26. The molecule has 0 fully saturated rings. The molecule has 70 valence electrons. The number of aromatic nitrogens is 1. The molecule has 0 aromatic carbocycles. The number of hydrogen-bond acceptors (Lipinski definition) is 3. The van der Waals surface area contributed by atoms with Crippen LogP contribution in [0, 0.1) is 0 Å². The first-order valence-electron chi connectivity index (χ1n) is 4.10. The fourth-order valence-electron chi connectivity index (χ4n) is 1.03. The van der Waals surface area contributed by atoms with Crippen LogP contribution >= 0.6 is 0 Å². The Labute approximate surface area is 76.4 Å². The molecule has 0 spiro atoms. The van der Waals surface area contributed by atoms with E-state index in [-0.39, 0.29) is 11.7 Å². The molecule has 0 bridgehead atoms.